The zero-order valence-corrected chi connectivity index (χ0v) is 13.7. The molecule has 1 aromatic carbocycles. The Balaban J connectivity index is 1.94. The van der Waals surface area contributed by atoms with E-state index in [-0.39, 0.29) is 18.3 Å². The monoisotopic (exact) mass is 292 g/mol. The number of benzene rings is 1. The molecule has 0 atom stereocenters. The quantitative estimate of drug-likeness (QED) is 0.771. The first-order valence-corrected chi connectivity index (χ1v) is 7.75. The molecular weight excluding hydrogens is 270 g/mol. The Labute approximate surface area is 126 Å². The van der Waals surface area contributed by atoms with Crippen LogP contribution in [0, 0.1) is 6.92 Å². The van der Waals surface area contributed by atoms with Gasteiger partial charge in [-0.1, -0.05) is 23.2 Å². The van der Waals surface area contributed by atoms with Gasteiger partial charge in [0.15, 0.2) is 0 Å². The van der Waals surface area contributed by atoms with Crippen molar-refractivity contribution >= 4 is 24.2 Å². The fourth-order valence-electron chi connectivity index (χ4n) is 2.65. The average molecular weight is 293 g/mol. The van der Waals surface area contributed by atoms with Crippen LogP contribution in [0.25, 0.3) is 0 Å². The van der Waals surface area contributed by atoms with E-state index in [1.165, 1.54) is 24.0 Å². The maximum Gasteiger partial charge on any atom is 0.495 e. The van der Waals surface area contributed by atoms with E-state index in [4.69, 9.17) is 20.9 Å². The molecule has 1 saturated carbocycles. The number of halogens is 1. The molecule has 4 heteroatoms. The highest BCUT2D eigenvalue weighted by molar-refractivity contribution is 6.63. The fraction of sp³-hybridized carbons (Fsp3) is 0.625. The summed E-state index contributed by atoms with van der Waals surface area (Å²) in [5.41, 5.74) is 2.91. The summed E-state index contributed by atoms with van der Waals surface area (Å²) in [6.45, 7) is 10.4. The third kappa shape index (κ3) is 2.30. The second kappa shape index (κ2) is 4.49. The summed E-state index contributed by atoms with van der Waals surface area (Å²) in [4.78, 5) is 0. The minimum Gasteiger partial charge on any atom is -0.399 e. The first kappa shape index (κ1) is 14.4. The Kier molecular flexibility index (Phi) is 3.24. The van der Waals surface area contributed by atoms with Crippen molar-refractivity contribution in [1.29, 1.82) is 0 Å². The van der Waals surface area contributed by atoms with Crippen molar-refractivity contribution in [3.8, 4) is 0 Å². The summed E-state index contributed by atoms with van der Waals surface area (Å²) in [5, 5.41) is 0.850. The SMILES string of the molecule is Cc1cc(C2CC2)c(Cl)cc1B1OC(C)(C)C(C)(C)O1. The lowest BCUT2D eigenvalue weighted by molar-refractivity contribution is 0.00578. The van der Waals surface area contributed by atoms with E-state index in [2.05, 4.69) is 40.7 Å². The molecule has 0 unspecified atom stereocenters. The van der Waals surface area contributed by atoms with Crippen molar-refractivity contribution in [2.45, 2.75) is 64.6 Å². The van der Waals surface area contributed by atoms with E-state index >= 15 is 0 Å². The smallest absolute Gasteiger partial charge is 0.399 e. The van der Waals surface area contributed by atoms with Gasteiger partial charge in [-0.2, -0.15) is 0 Å². The molecule has 1 aromatic rings. The van der Waals surface area contributed by atoms with Gasteiger partial charge in [0.2, 0.25) is 0 Å². The standard InChI is InChI=1S/C16H22BClO2/c1-10-8-12(11-6-7-11)14(18)9-13(10)17-19-15(2,3)16(4,5)20-17/h8-9,11H,6-7H2,1-5H3. The topological polar surface area (TPSA) is 18.5 Å². The van der Waals surface area contributed by atoms with Crippen LogP contribution in [-0.4, -0.2) is 18.3 Å². The van der Waals surface area contributed by atoms with Crippen LogP contribution < -0.4 is 5.46 Å². The van der Waals surface area contributed by atoms with Crippen molar-refractivity contribution in [3.05, 3.63) is 28.3 Å². The zero-order chi connectivity index (χ0) is 14.7. The molecule has 1 aliphatic carbocycles. The number of hydrogen-bond acceptors (Lipinski definition) is 2. The summed E-state index contributed by atoms with van der Waals surface area (Å²) in [5.74, 6) is 0.661. The molecule has 2 nitrogen and oxygen atoms in total. The highest BCUT2D eigenvalue weighted by Gasteiger charge is 2.52. The van der Waals surface area contributed by atoms with Gasteiger partial charge in [-0.25, -0.2) is 0 Å². The predicted molar refractivity (Wildman–Crippen MR) is 83.9 cm³/mol. The van der Waals surface area contributed by atoms with Gasteiger partial charge in [0.05, 0.1) is 11.2 Å². The summed E-state index contributed by atoms with van der Waals surface area (Å²) in [7, 11) is -0.328. The molecule has 20 heavy (non-hydrogen) atoms. The first-order valence-electron chi connectivity index (χ1n) is 7.37. The van der Waals surface area contributed by atoms with Gasteiger partial charge >= 0.3 is 7.12 Å². The van der Waals surface area contributed by atoms with Crippen LogP contribution in [0.2, 0.25) is 5.02 Å². The Morgan fingerprint density at radius 3 is 2.15 bits per heavy atom. The van der Waals surface area contributed by atoms with E-state index in [0.717, 1.165) is 10.5 Å². The third-order valence-electron chi connectivity index (χ3n) is 4.91. The second-order valence-corrected chi connectivity index (χ2v) is 7.50. The van der Waals surface area contributed by atoms with Crippen LogP contribution >= 0.6 is 11.6 Å². The maximum absolute atomic E-state index is 6.45. The van der Waals surface area contributed by atoms with Gasteiger partial charge in [0.25, 0.3) is 0 Å². The molecule has 1 aliphatic heterocycles. The molecule has 1 saturated heterocycles. The van der Waals surface area contributed by atoms with Crippen molar-refractivity contribution in [2.75, 3.05) is 0 Å². The van der Waals surface area contributed by atoms with E-state index in [1.54, 1.807) is 0 Å². The molecule has 0 spiro atoms. The second-order valence-electron chi connectivity index (χ2n) is 7.09. The third-order valence-corrected chi connectivity index (χ3v) is 5.24. The molecule has 0 N–H and O–H groups in total. The molecule has 2 fully saturated rings. The summed E-state index contributed by atoms with van der Waals surface area (Å²) >= 11 is 6.45. The molecule has 2 aliphatic rings. The van der Waals surface area contributed by atoms with Crippen molar-refractivity contribution in [3.63, 3.8) is 0 Å². The molecule has 108 valence electrons. The van der Waals surface area contributed by atoms with Gasteiger partial charge in [-0.05, 0) is 70.5 Å². The van der Waals surface area contributed by atoms with Crippen molar-refractivity contribution in [2.24, 2.45) is 0 Å². The van der Waals surface area contributed by atoms with Crippen LogP contribution in [-0.2, 0) is 9.31 Å². The molecule has 0 radical (unpaired) electrons. The van der Waals surface area contributed by atoms with Crippen molar-refractivity contribution in [1.82, 2.24) is 0 Å². The summed E-state index contributed by atoms with van der Waals surface area (Å²) < 4.78 is 12.2. The van der Waals surface area contributed by atoms with Crippen molar-refractivity contribution < 1.29 is 9.31 Å². The van der Waals surface area contributed by atoms with E-state index in [0.29, 0.717) is 5.92 Å². The number of hydrogen-bond donors (Lipinski definition) is 0. The number of rotatable bonds is 2. The largest absolute Gasteiger partial charge is 0.495 e. The average Bonchev–Trinajstić information content (AvgIpc) is 3.10. The van der Waals surface area contributed by atoms with Gasteiger partial charge < -0.3 is 9.31 Å². The van der Waals surface area contributed by atoms with Crippen LogP contribution in [0.1, 0.15) is 57.6 Å². The fourth-order valence-corrected chi connectivity index (χ4v) is 2.98. The van der Waals surface area contributed by atoms with Crippen LogP contribution in [0.3, 0.4) is 0 Å². The lowest BCUT2D eigenvalue weighted by Gasteiger charge is -2.32. The van der Waals surface area contributed by atoms with Gasteiger partial charge in [-0.3, -0.25) is 0 Å². The van der Waals surface area contributed by atoms with E-state index in [1.807, 2.05) is 6.07 Å². The molecule has 0 amide bonds. The molecular formula is C16H22BClO2. The molecule has 1 heterocycles. The Hall–Kier alpha value is -0.505. The lowest BCUT2D eigenvalue weighted by Crippen LogP contribution is -2.41. The maximum atomic E-state index is 6.45. The minimum atomic E-state index is -0.328. The van der Waals surface area contributed by atoms with Gasteiger partial charge in [0.1, 0.15) is 0 Å². The van der Waals surface area contributed by atoms with E-state index < -0.39 is 0 Å². The Morgan fingerprint density at radius 1 is 1.10 bits per heavy atom. The summed E-state index contributed by atoms with van der Waals surface area (Å²) in [6, 6.07) is 4.24. The lowest BCUT2D eigenvalue weighted by atomic mass is 9.75. The molecule has 0 aromatic heterocycles. The Morgan fingerprint density at radius 2 is 1.65 bits per heavy atom. The first-order chi connectivity index (χ1) is 9.21. The highest BCUT2D eigenvalue weighted by atomic mass is 35.5. The van der Waals surface area contributed by atoms with Crippen LogP contribution in [0.15, 0.2) is 12.1 Å². The van der Waals surface area contributed by atoms with Gasteiger partial charge in [0, 0.05) is 5.02 Å². The van der Waals surface area contributed by atoms with Gasteiger partial charge in [-0.15, -0.1) is 0 Å². The molecule has 0 bridgehead atoms. The van der Waals surface area contributed by atoms with Crippen LogP contribution in [0.5, 0.6) is 0 Å². The normalized spacial score (nSPS) is 24.2. The number of aryl methyl sites for hydroxylation is 1. The summed E-state index contributed by atoms with van der Waals surface area (Å²) in [6.07, 6.45) is 2.52. The van der Waals surface area contributed by atoms with Crippen LogP contribution in [0.4, 0.5) is 0 Å². The Bertz CT molecular complexity index is 534. The minimum absolute atomic E-state index is 0.314. The zero-order valence-electron chi connectivity index (χ0n) is 12.9. The van der Waals surface area contributed by atoms with E-state index in [9.17, 15) is 0 Å². The molecule has 3 rings (SSSR count). The highest BCUT2D eigenvalue weighted by Crippen LogP contribution is 2.43. The predicted octanol–water partition coefficient (Wildman–Crippen LogP) is 3.83.